The summed E-state index contributed by atoms with van der Waals surface area (Å²) in [6.07, 6.45) is 8.10. The van der Waals surface area contributed by atoms with Crippen LogP contribution in [0.1, 0.15) is 40.5 Å². The third kappa shape index (κ3) is 3.11. The number of pyridine rings is 2. The molecule has 4 heterocycles. The number of carbonyl (C=O) groups excluding carboxylic acids is 1. The molecule has 4 aromatic rings. The van der Waals surface area contributed by atoms with Crippen LogP contribution in [0.25, 0.3) is 16.0 Å². The van der Waals surface area contributed by atoms with Gasteiger partial charge in [0.2, 0.25) is 0 Å². The first kappa shape index (κ1) is 16.8. The van der Waals surface area contributed by atoms with Gasteiger partial charge in [0.05, 0.1) is 10.0 Å². The monoisotopic (exact) mass is 397 g/mol. The van der Waals surface area contributed by atoms with Crippen LogP contribution in [-0.4, -0.2) is 30.3 Å². The Morgan fingerprint density at radius 3 is 3.00 bits per heavy atom. The number of rotatable bonds is 5. The van der Waals surface area contributed by atoms with E-state index in [4.69, 9.17) is 11.6 Å². The minimum absolute atomic E-state index is 0.125. The summed E-state index contributed by atoms with van der Waals surface area (Å²) >= 11 is 7.85. The summed E-state index contributed by atoms with van der Waals surface area (Å²) in [5, 5.41) is 5.62. The highest BCUT2D eigenvalue weighted by atomic mass is 35.5. The first-order valence-electron chi connectivity index (χ1n) is 8.83. The summed E-state index contributed by atoms with van der Waals surface area (Å²) in [7, 11) is 0. The molecule has 0 bridgehead atoms. The number of fused-ring (bicyclic) bond motifs is 2. The molecule has 0 aliphatic heterocycles. The molecule has 0 N–H and O–H groups in total. The van der Waals surface area contributed by atoms with Gasteiger partial charge in [-0.2, -0.15) is 5.10 Å². The van der Waals surface area contributed by atoms with Gasteiger partial charge in [0, 0.05) is 25.2 Å². The van der Waals surface area contributed by atoms with E-state index < -0.39 is 0 Å². The molecule has 0 saturated heterocycles. The predicted molar refractivity (Wildman–Crippen MR) is 105 cm³/mol. The van der Waals surface area contributed by atoms with Crippen molar-refractivity contribution in [1.82, 2.24) is 24.6 Å². The van der Waals surface area contributed by atoms with E-state index in [-0.39, 0.29) is 5.78 Å². The van der Waals surface area contributed by atoms with Crippen molar-refractivity contribution in [2.45, 2.75) is 38.5 Å². The van der Waals surface area contributed by atoms with Crippen molar-refractivity contribution in [3.63, 3.8) is 0 Å². The maximum atomic E-state index is 12.8. The number of nitrogens with zero attached hydrogens (tertiary/aromatic N) is 5. The van der Waals surface area contributed by atoms with Crippen molar-refractivity contribution in [3.8, 4) is 0 Å². The third-order valence-electron chi connectivity index (χ3n) is 4.82. The largest absolute Gasteiger partial charge is 0.299 e. The van der Waals surface area contributed by atoms with Gasteiger partial charge in [0.25, 0.3) is 0 Å². The van der Waals surface area contributed by atoms with E-state index in [1.54, 1.807) is 28.1 Å². The number of aryl methyl sites for hydroxylation is 1. The highest BCUT2D eigenvalue weighted by molar-refractivity contribution is 7.18. The fourth-order valence-corrected chi connectivity index (χ4v) is 4.59. The highest BCUT2D eigenvalue weighted by Crippen LogP contribution is 2.45. The van der Waals surface area contributed by atoms with E-state index in [2.05, 4.69) is 20.1 Å². The number of thiazole rings is 1. The second-order valence-corrected chi connectivity index (χ2v) is 8.56. The standard InChI is InChI=1S/C19H16ClN5OS/c1-10-24-17-16(12-2-3-12)13(7-21-19(17)27-10)6-14(26)4-11-5-15(20)18-22-9-23-25(18)8-11/h5,7-9,12H,2-4,6H2,1H3. The van der Waals surface area contributed by atoms with Gasteiger partial charge in [0.15, 0.2) is 5.65 Å². The van der Waals surface area contributed by atoms with Gasteiger partial charge in [-0.1, -0.05) is 22.9 Å². The van der Waals surface area contributed by atoms with Crippen LogP contribution in [-0.2, 0) is 17.6 Å². The van der Waals surface area contributed by atoms with E-state index >= 15 is 0 Å². The number of halogens is 1. The molecule has 0 atom stereocenters. The Balaban J connectivity index is 1.44. The third-order valence-corrected chi connectivity index (χ3v) is 5.97. The van der Waals surface area contributed by atoms with Crippen molar-refractivity contribution in [1.29, 1.82) is 0 Å². The average molecular weight is 398 g/mol. The summed E-state index contributed by atoms with van der Waals surface area (Å²) in [5.41, 5.74) is 4.64. The zero-order valence-corrected chi connectivity index (χ0v) is 16.2. The lowest BCUT2D eigenvalue weighted by molar-refractivity contribution is -0.117. The van der Waals surface area contributed by atoms with E-state index in [1.807, 2.05) is 13.1 Å². The van der Waals surface area contributed by atoms with Gasteiger partial charge in [0.1, 0.15) is 22.5 Å². The number of Topliss-reactive ketones (excluding diaryl/α,β-unsaturated/α-hetero) is 1. The lowest BCUT2D eigenvalue weighted by atomic mass is 9.98. The molecule has 6 nitrogen and oxygen atoms in total. The number of ketones is 1. The Morgan fingerprint density at radius 2 is 2.19 bits per heavy atom. The predicted octanol–water partition coefficient (Wildman–Crippen LogP) is 3.93. The summed E-state index contributed by atoms with van der Waals surface area (Å²) in [6.45, 7) is 2.00. The molecular formula is C19H16ClN5OS. The van der Waals surface area contributed by atoms with Crippen molar-refractivity contribution >= 4 is 44.7 Å². The van der Waals surface area contributed by atoms with Crippen LogP contribution in [0.2, 0.25) is 5.02 Å². The summed E-state index contributed by atoms with van der Waals surface area (Å²) in [4.78, 5) is 27.0. The fourth-order valence-electron chi connectivity index (χ4n) is 3.54. The SMILES string of the molecule is Cc1nc2c(C3CC3)c(CC(=O)Cc3cc(Cl)c4ncnn4c3)cnc2s1. The summed E-state index contributed by atoms with van der Waals surface area (Å²) in [6, 6.07) is 1.79. The van der Waals surface area contributed by atoms with E-state index in [1.165, 1.54) is 11.9 Å². The van der Waals surface area contributed by atoms with Crippen LogP contribution in [0, 0.1) is 6.92 Å². The summed E-state index contributed by atoms with van der Waals surface area (Å²) in [5.74, 6) is 0.640. The first-order chi connectivity index (χ1) is 13.1. The average Bonchev–Trinajstić information content (AvgIpc) is 3.20. The van der Waals surface area contributed by atoms with Crippen molar-refractivity contribution in [3.05, 3.63) is 51.5 Å². The molecule has 0 radical (unpaired) electrons. The minimum atomic E-state index is 0.125. The van der Waals surface area contributed by atoms with Gasteiger partial charge < -0.3 is 0 Å². The zero-order chi connectivity index (χ0) is 18.5. The van der Waals surface area contributed by atoms with Crippen LogP contribution in [0.3, 0.4) is 0 Å². The Labute approximate surface area is 164 Å². The normalized spacial score (nSPS) is 14.3. The molecular weight excluding hydrogens is 382 g/mol. The Bertz CT molecular complexity index is 1190. The molecule has 0 aromatic carbocycles. The second kappa shape index (κ2) is 6.35. The van der Waals surface area contributed by atoms with Crippen LogP contribution in [0.15, 0.2) is 24.8 Å². The van der Waals surface area contributed by atoms with Crippen LogP contribution >= 0.6 is 22.9 Å². The van der Waals surface area contributed by atoms with Gasteiger partial charge in [-0.25, -0.2) is 19.5 Å². The first-order valence-corrected chi connectivity index (χ1v) is 10.0. The molecule has 136 valence electrons. The molecule has 1 saturated carbocycles. The molecule has 1 aliphatic rings. The number of hydrogen-bond donors (Lipinski definition) is 0. The maximum absolute atomic E-state index is 12.8. The molecule has 8 heteroatoms. The second-order valence-electron chi connectivity index (χ2n) is 6.97. The fraction of sp³-hybridized carbons (Fsp3) is 0.316. The van der Waals surface area contributed by atoms with Gasteiger partial charge in [-0.15, -0.1) is 0 Å². The Morgan fingerprint density at radius 1 is 1.33 bits per heavy atom. The van der Waals surface area contributed by atoms with E-state index in [9.17, 15) is 4.79 Å². The van der Waals surface area contributed by atoms with Gasteiger partial charge in [-0.05, 0) is 48.4 Å². The van der Waals surface area contributed by atoms with Crippen LogP contribution in [0.5, 0.6) is 0 Å². The molecule has 1 aliphatic carbocycles. The topological polar surface area (TPSA) is 73.0 Å². The molecule has 1 fully saturated rings. The smallest absolute Gasteiger partial charge is 0.173 e. The summed E-state index contributed by atoms with van der Waals surface area (Å²) < 4.78 is 1.60. The van der Waals surface area contributed by atoms with Crippen LogP contribution in [0.4, 0.5) is 0 Å². The lowest BCUT2D eigenvalue weighted by Crippen LogP contribution is -2.10. The lowest BCUT2D eigenvalue weighted by Gasteiger charge is -2.09. The maximum Gasteiger partial charge on any atom is 0.173 e. The molecule has 0 unspecified atom stereocenters. The Kier molecular flexibility index (Phi) is 3.94. The van der Waals surface area contributed by atoms with Crippen molar-refractivity contribution < 1.29 is 4.79 Å². The highest BCUT2D eigenvalue weighted by Gasteiger charge is 2.30. The molecule has 4 aromatic heterocycles. The number of hydrogen-bond acceptors (Lipinski definition) is 6. The van der Waals surface area contributed by atoms with E-state index in [0.717, 1.165) is 39.3 Å². The minimum Gasteiger partial charge on any atom is -0.299 e. The van der Waals surface area contributed by atoms with Crippen molar-refractivity contribution in [2.24, 2.45) is 0 Å². The zero-order valence-electron chi connectivity index (χ0n) is 14.6. The number of aromatic nitrogens is 5. The van der Waals surface area contributed by atoms with Crippen LogP contribution < -0.4 is 0 Å². The van der Waals surface area contributed by atoms with E-state index in [0.29, 0.717) is 29.4 Å². The quantitative estimate of drug-likeness (QED) is 0.510. The molecule has 5 rings (SSSR count). The van der Waals surface area contributed by atoms with Crippen molar-refractivity contribution in [2.75, 3.05) is 0 Å². The molecule has 27 heavy (non-hydrogen) atoms. The van der Waals surface area contributed by atoms with Gasteiger partial charge >= 0.3 is 0 Å². The van der Waals surface area contributed by atoms with Gasteiger partial charge in [-0.3, -0.25) is 4.79 Å². The molecule has 0 spiro atoms. The number of carbonyl (C=O) groups is 1. The Hall–Kier alpha value is -2.38. The molecule has 0 amide bonds.